The number of esters is 1. The summed E-state index contributed by atoms with van der Waals surface area (Å²) in [4.78, 5) is 26.1. The van der Waals surface area contributed by atoms with E-state index in [0.29, 0.717) is 16.1 Å². The second-order valence-corrected chi connectivity index (χ2v) is 7.57. The van der Waals surface area contributed by atoms with Crippen LogP contribution in [0.25, 0.3) is 11.1 Å². The van der Waals surface area contributed by atoms with Gasteiger partial charge in [-0.1, -0.05) is 36.4 Å². The molecule has 4 nitrogen and oxygen atoms in total. The van der Waals surface area contributed by atoms with E-state index >= 15 is 0 Å². The minimum atomic E-state index is -0.462. The first-order chi connectivity index (χ1) is 12.9. The van der Waals surface area contributed by atoms with Crippen molar-refractivity contribution in [3.63, 3.8) is 0 Å². The van der Waals surface area contributed by atoms with Crippen LogP contribution in [0, 0.1) is 20.8 Å². The van der Waals surface area contributed by atoms with Crippen LogP contribution in [0.2, 0.25) is 0 Å². The predicted molar refractivity (Wildman–Crippen MR) is 110 cm³/mol. The number of carbonyl (C=O) groups excluding carboxylic acids is 2. The smallest absolute Gasteiger partial charge is 0.341 e. The zero-order valence-corrected chi connectivity index (χ0v) is 16.6. The van der Waals surface area contributed by atoms with Crippen molar-refractivity contribution in [2.24, 2.45) is 0 Å². The van der Waals surface area contributed by atoms with E-state index in [-0.39, 0.29) is 5.91 Å². The van der Waals surface area contributed by atoms with Crippen LogP contribution in [-0.2, 0) is 4.74 Å². The summed E-state index contributed by atoms with van der Waals surface area (Å²) in [6, 6.07) is 15.0. The fourth-order valence-electron chi connectivity index (χ4n) is 2.94. The molecule has 0 saturated heterocycles. The Morgan fingerprint density at radius 1 is 0.963 bits per heavy atom. The molecule has 5 heteroatoms. The highest BCUT2D eigenvalue weighted by molar-refractivity contribution is 7.17. The molecule has 3 rings (SSSR count). The lowest BCUT2D eigenvalue weighted by Gasteiger charge is -2.10. The largest absolute Gasteiger partial charge is 0.465 e. The van der Waals surface area contributed by atoms with Crippen molar-refractivity contribution in [3.8, 4) is 11.1 Å². The molecule has 0 atom stereocenters. The normalized spacial score (nSPS) is 10.5. The molecule has 0 spiro atoms. The quantitative estimate of drug-likeness (QED) is 0.619. The van der Waals surface area contributed by atoms with Crippen molar-refractivity contribution in [1.29, 1.82) is 0 Å². The average molecular weight is 379 g/mol. The highest BCUT2D eigenvalue weighted by Crippen LogP contribution is 2.41. The third kappa shape index (κ3) is 3.78. The van der Waals surface area contributed by atoms with Gasteiger partial charge in [-0.25, -0.2) is 4.79 Å². The van der Waals surface area contributed by atoms with Crippen LogP contribution in [-0.4, -0.2) is 19.0 Å². The number of thiophene rings is 1. The van der Waals surface area contributed by atoms with Crippen molar-refractivity contribution in [2.75, 3.05) is 12.4 Å². The number of hydrogen-bond donors (Lipinski definition) is 1. The Balaban J connectivity index is 2.09. The highest BCUT2D eigenvalue weighted by atomic mass is 32.1. The second-order valence-electron chi connectivity index (χ2n) is 6.35. The number of nitrogens with one attached hydrogen (secondary N) is 1. The SMILES string of the molecule is COC(=O)c1c(NC(=O)c2ccccc2)sc(C)c1-c1ccc(C)c(C)c1. The van der Waals surface area contributed by atoms with Gasteiger partial charge in [0.1, 0.15) is 10.6 Å². The Hall–Kier alpha value is -2.92. The summed E-state index contributed by atoms with van der Waals surface area (Å²) in [6.45, 7) is 6.03. The molecule has 0 saturated carbocycles. The van der Waals surface area contributed by atoms with E-state index in [0.717, 1.165) is 21.6 Å². The molecule has 1 aromatic heterocycles. The van der Waals surface area contributed by atoms with Crippen molar-refractivity contribution in [3.05, 3.63) is 75.7 Å². The van der Waals surface area contributed by atoms with Crippen LogP contribution >= 0.6 is 11.3 Å². The van der Waals surface area contributed by atoms with Crippen molar-refractivity contribution in [2.45, 2.75) is 20.8 Å². The maximum Gasteiger partial charge on any atom is 0.341 e. The molecule has 0 aliphatic carbocycles. The molecule has 2 aromatic carbocycles. The molecule has 1 amide bonds. The standard InChI is InChI=1S/C22H21NO3S/c1-13-10-11-17(12-14(13)2)18-15(3)27-21(19(18)22(25)26-4)23-20(24)16-8-6-5-7-9-16/h5-12H,1-4H3,(H,23,24). The highest BCUT2D eigenvalue weighted by Gasteiger charge is 2.25. The van der Waals surface area contributed by atoms with E-state index in [9.17, 15) is 9.59 Å². The van der Waals surface area contributed by atoms with E-state index in [1.807, 2.05) is 39.0 Å². The maximum absolute atomic E-state index is 12.6. The molecule has 0 aliphatic rings. The molecule has 0 unspecified atom stereocenters. The lowest BCUT2D eigenvalue weighted by atomic mass is 9.97. The summed E-state index contributed by atoms with van der Waals surface area (Å²) in [5, 5.41) is 3.38. The van der Waals surface area contributed by atoms with Gasteiger partial charge in [-0.15, -0.1) is 11.3 Å². The first-order valence-electron chi connectivity index (χ1n) is 8.58. The van der Waals surface area contributed by atoms with Crippen LogP contribution in [0.4, 0.5) is 5.00 Å². The summed E-state index contributed by atoms with van der Waals surface area (Å²) in [6.07, 6.45) is 0. The number of anilines is 1. The number of aryl methyl sites for hydroxylation is 3. The van der Waals surface area contributed by atoms with Crippen molar-refractivity contribution >= 4 is 28.2 Å². The Bertz CT molecular complexity index is 1010. The third-order valence-corrected chi connectivity index (χ3v) is 5.55. The monoisotopic (exact) mass is 379 g/mol. The molecule has 0 bridgehead atoms. The molecular weight excluding hydrogens is 358 g/mol. The number of benzene rings is 2. The van der Waals surface area contributed by atoms with Crippen LogP contribution < -0.4 is 5.32 Å². The van der Waals surface area contributed by atoms with Gasteiger partial charge in [-0.3, -0.25) is 4.79 Å². The number of rotatable bonds is 4. The molecule has 1 heterocycles. The molecule has 0 fully saturated rings. The summed E-state index contributed by atoms with van der Waals surface area (Å²) in [7, 11) is 1.35. The van der Waals surface area contributed by atoms with Gasteiger partial charge < -0.3 is 10.1 Å². The topological polar surface area (TPSA) is 55.4 Å². The summed E-state index contributed by atoms with van der Waals surface area (Å²) in [5.41, 5.74) is 5.00. The molecule has 138 valence electrons. The second kappa shape index (κ2) is 7.76. The Morgan fingerprint density at radius 2 is 1.67 bits per heavy atom. The van der Waals surface area contributed by atoms with Gasteiger partial charge in [0.05, 0.1) is 7.11 Å². The number of hydrogen-bond acceptors (Lipinski definition) is 4. The molecule has 27 heavy (non-hydrogen) atoms. The minimum absolute atomic E-state index is 0.256. The van der Waals surface area contributed by atoms with Gasteiger partial charge in [0.15, 0.2) is 0 Å². The van der Waals surface area contributed by atoms with Gasteiger partial charge in [-0.05, 0) is 49.6 Å². The zero-order chi connectivity index (χ0) is 19.6. The molecule has 0 aliphatic heterocycles. The minimum Gasteiger partial charge on any atom is -0.465 e. The lowest BCUT2D eigenvalue weighted by molar-refractivity contribution is 0.0603. The zero-order valence-electron chi connectivity index (χ0n) is 15.8. The van der Waals surface area contributed by atoms with Gasteiger partial charge in [0, 0.05) is 16.0 Å². The van der Waals surface area contributed by atoms with Crippen LogP contribution in [0.15, 0.2) is 48.5 Å². The van der Waals surface area contributed by atoms with E-state index in [1.165, 1.54) is 24.0 Å². The Morgan fingerprint density at radius 3 is 2.30 bits per heavy atom. The van der Waals surface area contributed by atoms with Crippen LogP contribution in [0.1, 0.15) is 36.7 Å². The molecular formula is C22H21NO3S. The van der Waals surface area contributed by atoms with E-state index in [4.69, 9.17) is 4.74 Å². The lowest BCUT2D eigenvalue weighted by Crippen LogP contribution is -2.14. The number of ether oxygens (including phenoxy) is 1. The van der Waals surface area contributed by atoms with Gasteiger partial charge in [-0.2, -0.15) is 0 Å². The fraction of sp³-hybridized carbons (Fsp3) is 0.182. The molecule has 1 N–H and O–H groups in total. The van der Waals surface area contributed by atoms with Crippen LogP contribution in [0.3, 0.4) is 0 Å². The predicted octanol–water partition coefficient (Wildman–Crippen LogP) is 5.38. The van der Waals surface area contributed by atoms with Crippen molar-refractivity contribution in [1.82, 2.24) is 0 Å². The number of amides is 1. The van der Waals surface area contributed by atoms with Gasteiger partial charge in [0.25, 0.3) is 5.91 Å². The maximum atomic E-state index is 12.6. The Labute approximate surface area is 162 Å². The van der Waals surface area contributed by atoms with Gasteiger partial charge >= 0.3 is 5.97 Å². The summed E-state index contributed by atoms with van der Waals surface area (Å²) >= 11 is 1.38. The first-order valence-corrected chi connectivity index (χ1v) is 9.39. The summed E-state index contributed by atoms with van der Waals surface area (Å²) in [5.74, 6) is -0.718. The van der Waals surface area contributed by atoms with Gasteiger partial charge in [0.2, 0.25) is 0 Å². The number of carbonyl (C=O) groups is 2. The van der Waals surface area contributed by atoms with E-state index in [1.54, 1.807) is 24.3 Å². The van der Waals surface area contributed by atoms with E-state index in [2.05, 4.69) is 11.4 Å². The third-order valence-electron chi connectivity index (χ3n) is 4.53. The van der Waals surface area contributed by atoms with E-state index < -0.39 is 5.97 Å². The molecule has 3 aromatic rings. The average Bonchev–Trinajstić information content (AvgIpc) is 2.99. The Kier molecular flexibility index (Phi) is 5.42. The number of methoxy groups -OCH3 is 1. The fourth-order valence-corrected chi connectivity index (χ4v) is 4.00. The van der Waals surface area contributed by atoms with Crippen molar-refractivity contribution < 1.29 is 14.3 Å². The first kappa shape index (κ1) is 18.9. The van der Waals surface area contributed by atoms with Crippen LogP contribution in [0.5, 0.6) is 0 Å². The summed E-state index contributed by atoms with van der Waals surface area (Å²) < 4.78 is 5.01. The molecule has 0 radical (unpaired) electrons.